The third-order valence-electron chi connectivity index (χ3n) is 4.66. The van der Waals surface area contributed by atoms with Crippen molar-refractivity contribution in [3.8, 4) is 5.75 Å². The Labute approximate surface area is 168 Å². The summed E-state index contributed by atoms with van der Waals surface area (Å²) in [6.07, 6.45) is 4.06. The molecule has 1 fully saturated rings. The summed E-state index contributed by atoms with van der Waals surface area (Å²) in [5.74, 6) is 0.594. The van der Waals surface area contributed by atoms with E-state index in [9.17, 15) is 9.59 Å². The van der Waals surface area contributed by atoms with Gasteiger partial charge in [0.15, 0.2) is 6.61 Å². The number of carbonyl (C=O) groups is 2. The highest BCUT2D eigenvalue weighted by atomic mass is 35.5. The fourth-order valence-corrected chi connectivity index (χ4v) is 3.19. The Morgan fingerprint density at radius 2 is 1.78 bits per heavy atom. The molecule has 0 aromatic heterocycles. The Morgan fingerprint density at radius 1 is 1.19 bits per heavy atom. The van der Waals surface area contributed by atoms with Gasteiger partial charge in [-0.1, -0.05) is 0 Å². The molecule has 27 heavy (non-hydrogen) atoms. The zero-order valence-corrected chi connectivity index (χ0v) is 17.4. The summed E-state index contributed by atoms with van der Waals surface area (Å²) in [4.78, 5) is 26.4. The number of nitrogens with two attached hydrogens (primary N) is 1. The molecule has 1 aromatic carbocycles. The number of ether oxygens (including phenoxy) is 1. The van der Waals surface area contributed by atoms with E-state index in [1.54, 1.807) is 12.1 Å². The number of piperidine rings is 1. The van der Waals surface area contributed by atoms with Crippen molar-refractivity contribution in [1.82, 2.24) is 10.2 Å². The summed E-state index contributed by atoms with van der Waals surface area (Å²) < 4.78 is 5.79. The van der Waals surface area contributed by atoms with Crippen LogP contribution in [0.25, 0.3) is 0 Å². The van der Waals surface area contributed by atoms with Crippen LogP contribution in [0, 0.1) is 13.8 Å². The molecule has 0 radical (unpaired) electrons. The van der Waals surface area contributed by atoms with Gasteiger partial charge in [0.1, 0.15) is 5.75 Å². The van der Waals surface area contributed by atoms with Crippen LogP contribution in [0.1, 0.15) is 54.1 Å². The van der Waals surface area contributed by atoms with Crippen molar-refractivity contribution < 1.29 is 14.3 Å². The smallest absolute Gasteiger partial charge is 0.260 e. The van der Waals surface area contributed by atoms with E-state index in [-0.39, 0.29) is 36.9 Å². The fourth-order valence-electron chi connectivity index (χ4n) is 3.19. The minimum absolute atomic E-state index is 0. The van der Waals surface area contributed by atoms with Crippen LogP contribution in [0.2, 0.25) is 0 Å². The summed E-state index contributed by atoms with van der Waals surface area (Å²) >= 11 is 0. The van der Waals surface area contributed by atoms with Gasteiger partial charge < -0.3 is 20.7 Å². The second-order valence-corrected chi connectivity index (χ2v) is 7.19. The lowest BCUT2D eigenvalue weighted by molar-refractivity contribution is -0.134. The van der Waals surface area contributed by atoms with E-state index in [1.165, 1.54) is 6.42 Å². The SMILES string of the molecule is Cc1cc(C(=O)NCCC(C)N)cc(C)c1OCC(=O)N1CCCCC1.Cl. The molecule has 1 aliphatic rings. The average Bonchev–Trinajstić information content (AvgIpc) is 2.61. The topological polar surface area (TPSA) is 84.7 Å². The molecule has 3 N–H and O–H groups in total. The first-order valence-electron chi connectivity index (χ1n) is 9.44. The maximum Gasteiger partial charge on any atom is 0.260 e. The predicted molar refractivity (Wildman–Crippen MR) is 110 cm³/mol. The maximum atomic E-state index is 12.3. The number of hydrogen-bond acceptors (Lipinski definition) is 4. The van der Waals surface area contributed by atoms with Crippen molar-refractivity contribution in [1.29, 1.82) is 0 Å². The molecule has 6 nitrogen and oxygen atoms in total. The fraction of sp³-hybridized carbons (Fsp3) is 0.600. The highest BCUT2D eigenvalue weighted by Crippen LogP contribution is 2.25. The largest absolute Gasteiger partial charge is 0.483 e. The molecular formula is C20H32ClN3O3. The van der Waals surface area contributed by atoms with Crippen LogP contribution in [-0.2, 0) is 4.79 Å². The van der Waals surface area contributed by atoms with Gasteiger partial charge in [0, 0.05) is 31.2 Å². The Balaban J connectivity index is 0.00000364. The minimum Gasteiger partial charge on any atom is -0.483 e. The number of nitrogens with one attached hydrogen (secondary N) is 1. The van der Waals surface area contributed by atoms with Gasteiger partial charge in [-0.15, -0.1) is 12.4 Å². The monoisotopic (exact) mass is 397 g/mol. The number of rotatable bonds is 7. The first-order chi connectivity index (χ1) is 12.4. The number of benzene rings is 1. The maximum absolute atomic E-state index is 12.3. The molecule has 0 aliphatic carbocycles. The molecule has 0 spiro atoms. The van der Waals surface area contributed by atoms with Gasteiger partial charge in [-0.25, -0.2) is 0 Å². The van der Waals surface area contributed by atoms with E-state index < -0.39 is 0 Å². The number of carbonyl (C=O) groups excluding carboxylic acids is 2. The van der Waals surface area contributed by atoms with E-state index >= 15 is 0 Å². The van der Waals surface area contributed by atoms with Crippen molar-refractivity contribution in [3.05, 3.63) is 28.8 Å². The number of likely N-dealkylation sites (tertiary alicyclic amines) is 1. The average molecular weight is 398 g/mol. The standard InChI is InChI=1S/C20H31N3O3.ClH/c1-14-11-17(20(25)22-8-7-16(3)21)12-15(2)19(14)26-13-18(24)23-9-5-4-6-10-23;/h11-12,16H,4-10,13,21H2,1-3H3,(H,22,25);1H. The number of hydrogen-bond donors (Lipinski definition) is 2. The third-order valence-corrected chi connectivity index (χ3v) is 4.66. The Bertz CT molecular complexity index is 620. The van der Waals surface area contributed by atoms with Crippen LogP contribution < -0.4 is 15.8 Å². The van der Waals surface area contributed by atoms with Crippen LogP contribution in [0.5, 0.6) is 5.75 Å². The summed E-state index contributed by atoms with van der Waals surface area (Å²) in [6.45, 7) is 7.94. The molecule has 1 unspecified atom stereocenters. The van der Waals surface area contributed by atoms with E-state index in [0.717, 1.165) is 43.5 Å². The van der Waals surface area contributed by atoms with Crippen LogP contribution >= 0.6 is 12.4 Å². The molecule has 1 aromatic rings. The summed E-state index contributed by atoms with van der Waals surface area (Å²) in [5.41, 5.74) is 8.01. The quantitative estimate of drug-likeness (QED) is 0.740. The lowest BCUT2D eigenvalue weighted by Gasteiger charge is -2.26. The molecule has 1 atom stereocenters. The van der Waals surface area contributed by atoms with Crippen LogP contribution in [-0.4, -0.2) is 49.0 Å². The number of nitrogens with zero attached hydrogens (tertiary/aromatic N) is 1. The molecule has 2 amide bonds. The first kappa shape index (κ1) is 23.2. The summed E-state index contributed by atoms with van der Waals surface area (Å²) in [6, 6.07) is 3.66. The first-order valence-corrected chi connectivity index (χ1v) is 9.44. The number of aryl methyl sites for hydroxylation is 2. The Morgan fingerprint density at radius 3 is 2.33 bits per heavy atom. The molecule has 0 bridgehead atoms. The summed E-state index contributed by atoms with van der Waals surface area (Å²) in [7, 11) is 0. The van der Waals surface area contributed by atoms with Crippen molar-refractivity contribution in [2.24, 2.45) is 5.73 Å². The van der Waals surface area contributed by atoms with Crippen molar-refractivity contribution in [3.63, 3.8) is 0 Å². The van der Waals surface area contributed by atoms with Crippen LogP contribution in [0.15, 0.2) is 12.1 Å². The number of halogens is 1. The van der Waals surface area contributed by atoms with Gasteiger partial charge in [-0.3, -0.25) is 9.59 Å². The highest BCUT2D eigenvalue weighted by molar-refractivity contribution is 5.94. The Kier molecular flexibility index (Phi) is 9.60. The third kappa shape index (κ3) is 7.03. The number of amides is 2. The molecule has 0 saturated carbocycles. The molecule has 2 rings (SSSR count). The van der Waals surface area contributed by atoms with E-state index in [0.29, 0.717) is 17.9 Å². The van der Waals surface area contributed by atoms with E-state index in [4.69, 9.17) is 10.5 Å². The molecular weight excluding hydrogens is 366 g/mol. The second-order valence-electron chi connectivity index (χ2n) is 7.19. The van der Waals surface area contributed by atoms with E-state index in [2.05, 4.69) is 5.32 Å². The van der Waals surface area contributed by atoms with Gasteiger partial charge in [-0.05, 0) is 69.7 Å². The zero-order chi connectivity index (χ0) is 19.1. The predicted octanol–water partition coefficient (Wildman–Crippen LogP) is 2.58. The molecule has 7 heteroatoms. The molecule has 1 aliphatic heterocycles. The van der Waals surface area contributed by atoms with Crippen molar-refractivity contribution in [2.75, 3.05) is 26.2 Å². The highest BCUT2D eigenvalue weighted by Gasteiger charge is 2.18. The Hall–Kier alpha value is -1.79. The molecule has 1 saturated heterocycles. The second kappa shape index (κ2) is 11.1. The van der Waals surface area contributed by atoms with Gasteiger partial charge in [0.05, 0.1) is 0 Å². The normalized spacial score (nSPS) is 14.9. The van der Waals surface area contributed by atoms with E-state index in [1.807, 2.05) is 25.7 Å². The van der Waals surface area contributed by atoms with Gasteiger partial charge in [0.2, 0.25) is 0 Å². The van der Waals surface area contributed by atoms with Crippen molar-refractivity contribution >= 4 is 24.2 Å². The lowest BCUT2D eigenvalue weighted by atomic mass is 10.0. The van der Waals surface area contributed by atoms with Gasteiger partial charge >= 0.3 is 0 Å². The summed E-state index contributed by atoms with van der Waals surface area (Å²) in [5, 5.41) is 2.88. The van der Waals surface area contributed by atoms with Crippen LogP contribution in [0.4, 0.5) is 0 Å². The van der Waals surface area contributed by atoms with Gasteiger partial charge in [-0.2, -0.15) is 0 Å². The van der Waals surface area contributed by atoms with Crippen LogP contribution in [0.3, 0.4) is 0 Å². The minimum atomic E-state index is -0.118. The molecule has 1 heterocycles. The van der Waals surface area contributed by atoms with Gasteiger partial charge in [0.25, 0.3) is 11.8 Å². The molecule has 152 valence electrons. The van der Waals surface area contributed by atoms with Crippen molar-refractivity contribution in [2.45, 2.75) is 52.5 Å². The zero-order valence-electron chi connectivity index (χ0n) is 16.5. The lowest BCUT2D eigenvalue weighted by Crippen LogP contribution is -2.38.